The maximum absolute atomic E-state index is 11.9. The lowest BCUT2D eigenvalue weighted by atomic mass is 10.1. The Bertz CT molecular complexity index is 1090. The highest BCUT2D eigenvalue weighted by Crippen LogP contribution is 2.31. The number of hydrogen-bond donors (Lipinski definition) is 1. The largest absolute Gasteiger partial charge is 0.491 e. The number of aromatic amines is 1. The van der Waals surface area contributed by atoms with Crippen molar-refractivity contribution in [3.8, 4) is 17.0 Å². The zero-order valence-electron chi connectivity index (χ0n) is 16.1. The molecule has 0 spiro atoms. The Kier molecular flexibility index (Phi) is 4.97. The van der Waals surface area contributed by atoms with Gasteiger partial charge in [-0.3, -0.25) is 5.10 Å². The van der Waals surface area contributed by atoms with Crippen molar-refractivity contribution in [2.45, 2.75) is 26.4 Å². The molecule has 0 radical (unpaired) electrons. The third-order valence-corrected chi connectivity index (χ3v) is 6.52. The summed E-state index contributed by atoms with van der Waals surface area (Å²) >= 11 is 0. The molecule has 1 fully saturated rings. The molecule has 0 aliphatic carbocycles. The van der Waals surface area contributed by atoms with Crippen molar-refractivity contribution in [3.05, 3.63) is 36.5 Å². The molecule has 7 nitrogen and oxygen atoms in total. The number of rotatable bonds is 4. The monoisotopic (exact) mass is 400 g/mol. The first-order chi connectivity index (χ1) is 13.4. The molecule has 1 aliphatic rings. The van der Waals surface area contributed by atoms with Crippen molar-refractivity contribution in [2.75, 3.05) is 29.5 Å². The van der Waals surface area contributed by atoms with Crippen molar-refractivity contribution >= 4 is 26.6 Å². The summed E-state index contributed by atoms with van der Waals surface area (Å²) in [5.41, 5.74) is 2.70. The zero-order chi connectivity index (χ0) is 19.7. The normalized spacial score (nSPS) is 17.0. The molecular weight excluding hydrogens is 376 g/mol. The number of benzene rings is 1. The van der Waals surface area contributed by atoms with Crippen LogP contribution < -0.4 is 9.64 Å². The Hall–Kier alpha value is -2.61. The third-order valence-electron chi connectivity index (χ3n) is 4.80. The molecule has 0 saturated carbocycles. The van der Waals surface area contributed by atoms with Crippen LogP contribution in [-0.2, 0) is 9.84 Å². The molecule has 0 amide bonds. The van der Waals surface area contributed by atoms with E-state index < -0.39 is 9.84 Å². The van der Waals surface area contributed by atoms with Gasteiger partial charge in [0.05, 0.1) is 23.1 Å². The Morgan fingerprint density at radius 2 is 2.00 bits per heavy atom. The maximum Gasteiger partial charge on any atom is 0.152 e. The predicted octanol–water partition coefficient (Wildman–Crippen LogP) is 3.04. The molecule has 8 heteroatoms. The number of ether oxygens (including phenoxy) is 1. The lowest BCUT2D eigenvalue weighted by Gasteiger charge is -2.21. The quantitative estimate of drug-likeness (QED) is 0.724. The number of fused-ring (bicyclic) bond motifs is 1. The van der Waals surface area contributed by atoms with Crippen molar-refractivity contribution in [3.63, 3.8) is 0 Å². The summed E-state index contributed by atoms with van der Waals surface area (Å²) in [4.78, 5) is 6.51. The molecule has 28 heavy (non-hydrogen) atoms. The van der Waals surface area contributed by atoms with E-state index in [1.54, 1.807) is 6.20 Å². The van der Waals surface area contributed by atoms with Gasteiger partial charge < -0.3 is 9.64 Å². The van der Waals surface area contributed by atoms with Gasteiger partial charge in [-0.1, -0.05) is 0 Å². The summed E-state index contributed by atoms with van der Waals surface area (Å²) in [5.74, 6) is 1.99. The van der Waals surface area contributed by atoms with Crippen LogP contribution in [0.4, 0.5) is 5.82 Å². The molecule has 0 unspecified atom stereocenters. The molecule has 0 atom stereocenters. The van der Waals surface area contributed by atoms with Gasteiger partial charge in [0.25, 0.3) is 0 Å². The molecule has 1 N–H and O–H groups in total. The first-order valence-electron chi connectivity index (χ1n) is 9.48. The van der Waals surface area contributed by atoms with Gasteiger partial charge in [0, 0.05) is 30.2 Å². The van der Waals surface area contributed by atoms with Gasteiger partial charge in [-0.15, -0.1) is 0 Å². The van der Waals surface area contributed by atoms with E-state index in [1.165, 1.54) is 0 Å². The van der Waals surface area contributed by atoms with Crippen LogP contribution in [0.25, 0.3) is 22.2 Å². The average molecular weight is 401 g/mol. The predicted molar refractivity (Wildman–Crippen MR) is 111 cm³/mol. The number of H-pyrrole nitrogens is 1. The Labute approximate surface area is 164 Å². The van der Waals surface area contributed by atoms with Crippen molar-refractivity contribution in [1.82, 2.24) is 15.2 Å². The number of nitrogens with zero attached hydrogens (tertiary/aromatic N) is 3. The number of hydrogen-bond acceptors (Lipinski definition) is 6. The Morgan fingerprint density at radius 3 is 2.82 bits per heavy atom. The van der Waals surface area contributed by atoms with Gasteiger partial charge in [0.2, 0.25) is 0 Å². The van der Waals surface area contributed by atoms with Gasteiger partial charge in [0.1, 0.15) is 17.3 Å². The standard InChI is InChI=1S/C20H24N4O3S/c1-14(2)27-16-4-5-18-17(13-16)20(23-22-18)15-6-7-21-19(12-15)24-8-3-10-28(25,26)11-9-24/h4-7,12-14H,3,8-11H2,1-2H3,(H,22,23). The molecule has 1 aliphatic heterocycles. The minimum atomic E-state index is -2.96. The molecule has 1 saturated heterocycles. The first-order valence-corrected chi connectivity index (χ1v) is 11.3. The fourth-order valence-electron chi connectivity index (χ4n) is 3.46. The highest BCUT2D eigenvalue weighted by atomic mass is 32.2. The van der Waals surface area contributed by atoms with Gasteiger partial charge in [-0.25, -0.2) is 13.4 Å². The second-order valence-electron chi connectivity index (χ2n) is 7.34. The summed E-state index contributed by atoms with van der Waals surface area (Å²) in [5, 5.41) is 8.54. The number of sulfone groups is 1. The van der Waals surface area contributed by atoms with Gasteiger partial charge >= 0.3 is 0 Å². The molecule has 4 rings (SSSR count). The van der Waals surface area contributed by atoms with Crippen LogP contribution in [0.3, 0.4) is 0 Å². The molecular formula is C20H24N4O3S. The first kappa shape index (κ1) is 18.7. The summed E-state index contributed by atoms with van der Waals surface area (Å²) in [7, 11) is -2.96. The summed E-state index contributed by atoms with van der Waals surface area (Å²) < 4.78 is 29.6. The molecule has 3 aromatic rings. The lowest BCUT2D eigenvalue weighted by molar-refractivity contribution is 0.243. The molecule has 3 heterocycles. The topological polar surface area (TPSA) is 88.2 Å². The van der Waals surface area contributed by atoms with E-state index in [1.807, 2.05) is 49.1 Å². The lowest BCUT2D eigenvalue weighted by Crippen LogP contribution is -2.27. The van der Waals surface area contributed by atoms with E-state index in [9.17, 15) is 8.42 Å². The average Bonchev–Trinajstić information content (AvgIpc) is 2.98. The number of anilines is 1. The number of aromatic nitrogens is 3. The van der Waals surface area contributed by atoms with Crippen LogP contribution in [0.2, 0.25) is 0 Å². The Balaban J connectivity index is 1.67. The van der Waals surface area contributed by atoms with Gasteiger partial charge in [-0.05, 0) is 50.6 Å². The third kappa shape index (κ3) is 3.96. The highest BCUT2D eigenvalue weighted by molar-refractivity contribution is 7.91. The minimum absolute atomic E-state index is 0.0969. The van der Waals surface area contributed by atoms with E-state index in [0.717, 1.165) is 33.7 Å². The van der Waals surface area contributed by atoms with Crippen molar-refractivity contribution < 1.29 is 13.2 Å². The van der Waals surface area contributed by atoms with E-state index in [2.05, 4.69) is 15.2 Å². The highest BCUT2D eigenvalue weighted by Gasteiger charge is 2.20. The van der Waals surface area contributed by atoms with E-state index in [-0.39, 0.29) is 17.6 Å². The van der Waals surface area contributed by atoms with Gasteiger partial charge in [-0.2, -0.15) is 5.10 Å². The van der Waals surface area contributed by atoms with Crippen LogP contribution in [-0.4, -0.2) is 54.3 Å². The van der Waals surface area contributed by atoms with Crippen LogP contribution in [0.15, 0.2) is 36.5 Å². The number of pyridine rings is 1. The number of nitrogens with one attached hydrogen (secondary N) is 1. The molecule has 1 aromatic carbocycles. The van der Waals surface area contributed by atoms with Crippen LogP contribution in [0.1, 0.15) is 20.3 Å². The summed E-state index contributed by atoms with van der Waals surface area (Å²) in [6, 6.07) is 9.78. The second-order valence-corrected chi connectivity index (χ2v) is 9.64. The van der Waals surface area contributed by atoms with Crippen molar-refractivity contribution in [1.29, 1.82) is 0 Å². The fraction of sp³-hybridized carbons (Fsp3) is 0.400. The second kappa shape index (κ2) is 7.43. The molecule has 0 bridgehead atoms. The van der Waals surface area contributed by atoms with Crippen LogP contribution in [0.5, 0.6) is 5.75 Å². The Morgan fingerprint density at radius 1 is 1.14 bits per heavy atom. The SMILES string of the molecule is CC(C)Oc1ccc2[nH]nc(-c3ccnc(N4CCCS(=O)(=O)CC4)c3)c2c1. The van der Waals surface area contributed by atoms with Crippen LogP contribution in [0, 0.1) is 0 Å². The summed E-state index contributed by atoms with van der Waals surface area (Å²) in [6.07, 6.45) is 2.47. The van der Waals surface area contributed by atoms with Crippen LogP contribution >= 0.6 is 0 Å². The smallest absolute Gasteiger partial charge is 0.152 e. The van der Waals surface area contributed by atoms with E-state index in [4.69, 9.17) is 4.74 Å². The maximum atomic E-state index is 11.9. The van der Waals surface area contributed by atoms with Crippen molar-refractivity contribution in [2.24, 2.45) is 0 Å². The fourth-order valence-corrected chi connectivity index (χ4v) is 4.74. The van der Waals surface area contributed by atoms with E-state index >= 15 is 0 Å². The zero-order valence-corrected chi connectivity index (χ0v) is 16.9. The van der Waals surface area contributed by atoms with E-state index in [0.29, 0.717) is 19.5 Å². The molecule has 2 aromatic heterocycles. The minimum Gasteiger partial charge on any atom is -0.491 e. The van der Waals surface area contributed by atoms with Gasteiger partial charge in [0.15, 0.2) is 9.84 Å². The molecule has 148 valence electrons. The summed E-state index contributed by atoms with van der Waals surface area (Å²) in [6.45, 7) is 5.14.